The third-order valence-corrected chi connectivity index (χ3v) is 9.20. The number of ketones is 1. The molecule has 0 saturated carbocycles. The molecule has 0 amide bonds. The normalized spacial score (nSPS) is 16.5. The summed E-state index contributed by atoms with van der Waals surface area (Å²) in [6, 6.07) is 11.3. The van der Waals surface area contributed by atoms with Gasteiger partial charge in [0.15, 0.2) is 0 Å². The molecule has 9 heteroatoms. The molecule has 214 valence electrons. The summed E-state index contributed by atoms with van der Waals surface area (Å²) in [5, 5.41) is 5.26. The lowest BCUT2D eigenvalue weighted by Crippen LogP contribution is -2.51. The third kappa shape index (κ3) is 6.72. The van der Waals surface area contributed by atoms with E-state index in [2.05, 4.69) is 14.9 Å². The molecule has 2 aliphatic heterocycles. The number of fused-ring (bicyclic) bond motifs is 1. The van der Waals surface area contributed by atoms with Crippen molar-refractivity contribution >= 4 is 39.6 Å². The molecule has 0 N–H and O–H groups in total. The van der Waals surface area contributed by atoms with Gasteiger partial charge in [0.05, 0.1) is 30.7 Å². The molecule has 0 aliphatic carbocycles. The molecule has 0 unspecified atom stereocenters. The molecule has 41 heavy (non-hydrogen) atoms. The number of nitrogens with zero attached hydrogens (tertiary/aromatic N) is 3. The monoisotopic (exact) mass is 591 g/mol. The number of Topliss-reactive ketones (excluding diaryl/α,β-unsaturated/α-hetero) is 1. The van der Waals surface area contributed by atoms with Gasteiger partial charge in [-0.25, -0.2) is 9.97 Å². The molecule has 0 radical (unpaired) electrons. The van der Waals surface area contributed by atoms with Crippen molar-refractivity contribution < 1.29 is 19.0 Å². The van der Waals surface area contributed by atoms with E-state index < -0.39 is 0 Å². The van der Waals surface area contributed by atoms with Crippen molar-refractivity contribution in [1.82, 2.24) is 14.9 Å². The zero-order valence-electron chi connectivity index (χ0n) is 23.2. The summed E-state index contributed by atoms with van der Waals surface area (Å²) in [5.41, 5.74) is 4.04. The third-order valence-electron chi connectivity index (χ3n) is 8.11. The Morgan fingerprint density at radius 2 is 1.98 bits per heavy atom. The molecule has 2 fully saturated rings. The largest absolute Gasteiger partial charge is 0.493 e. The van der Waals surface area contributed by atoms with E-state index in [0.29, 0.717) is 35.1 Å². The molecule has 2 saturated heterocycles. The van der Waals surface area contributed by atoms with E-state index in [-0.39, 0.29) is 12.2 Å². The van der Waals surface area contributed by atoms with Crippen LogP contribution in [0.25, 0.3) is 10.9 Å². The highest BCUT2D eigenvalue weighted by Gasteiger charge is 2.40. The standard InChI is InChI=1S/C32H34ClN3O4S/c1-22-13-27-29(17-30(22)39-11-2-8-36-9-6-32(7-10-36)19-38-20-32)34-21-35-31(27)40-26-4-3-24(28(33)16-26)15-25(37)14-23-5-12-41-18-23/h3-5,12-13,16-18,21H,2,6-11,14-15,19-20H2,1H3. The molecule has 4 heterocycles. The first-order chi connectivity index (χ1) is 20.0. The van der Waals surface area contributed by atoms with E-state index in [9.17, 15) is 4.79 Å². The van der Waals surface area contributed by atoms with E-state index in [1.54, 1.807) is 17.4 Å². The van der Waals surface area contributed by atoms with Crippen LogP contribution in [0.4, 0.5) is 0 Å². The average molecular weight is 592 g/mol. The predicted octanol–water partition coefficient (Wildman–Crippen LogP) is 6.68. The number of aromatic nitrogens is 2. The zero-order valence-corrected chi connectivity index (χ0v) is 24.8. The van der Waals surface area contributed by atoms with E-state index in [1.165, 1.54) is 19.2 Å². The first-order valence-corrected chi connectivity index (χ1v) is 15.5. The van der Waals surface area contributed by atoms with Crippen LogP contribution in [0.3, 0.4) is 0 Å². The van der Waals surface area contributed by atoms with Crippen LogP contribution in [0.15, 0.2) is 53.5 Å². The second-order valence-electron chi connectivity index (χ2n) is 11.2. The van der Waals surface area contributed by atoms with Crippen LogP contribution in [0.2, 0.25) is 5.02 Å². The van der Waals surface area contributed by atoms with Gasteiger partial charge in [-0.15, -0.1) is 0 Å². The second kappa shape index (κ2) is 12.4. The molecule has 0 atom stereocenters. The minimum absolute atomic E-state index is 0.123. The Kier molecular flexibility index (Phi) is 8.53. The highest BCUT2D eigenvalue weighted by atomic mass is 35.5. The summed E-state index contributed by atoms with van der Waals surface area (Å²) in [6.45, 7) is 7.93. The number of likely N-dealkylation sites (tertiary alicyclic amines) is 1. The number of piperidine rings is 1. The minimum Gasteiger partial charge on any atom is -0.493 e. The number of halogens is 1. The molecule has 2 aliphatic rings. The quantitative estimate of drug-likeness (QED) is 0.180. The maximum absolute atomic E-state index is 12.5. The number of hydrogen-bond donors (Lipinski definition) is 0. The Labute approximate surface area is 249 Å². The lowest BCUT2D eigenvalue weighted by atomic mass is 9.77. The number of aryl methyl sites for hydroxylation is 1. The highest BCUT2D eigenvalue weighted by Crippen LogP contribution is 2.38. The van der Waals surface area contributed by atoms with Gasteiger partial charge in [-0.1, -0.05) is 17.7 Å². The van der Waals surface area contributed by atoms with Gasteiger partial charge in [0.2, 0.25) is 5.88 Å². The molecule has 6 rings (SSSR count). The average Bonchev–Trinajstić information content (AvgIpc) is 3.45. The van der Waals surface area contributed by atoms with Crippen molar-refractivity contribution in [3.8, 4) is 17.4 Å². The predicted molar refractivity (Wildman–Crippen MR) is 162 cm³/mol. The van der Waals surface area contributed by atoms with Crippen LogP contribution in [0, 0.1) is 12.3 Å². The molecule has 7 nitrogen and oxygen atoms in total. The molecular weight excluding hydrogens is 558 g/mol. The maximum atomic E-state index is 12.5. The van der Waals surface area contributed by atoms with Crippen molar-refractivity contribution in [3.63, 3.8) is 0 Å². The van der Waals surface area contributed by atoms with E-state index in [1.807, 2.05) is 48.0 Å². The number of carbonyl (C=O) groups is 1. The van der Waals surface area contributed by atoms with E-state index in [0.717, 1.165) is 72.6 Å². The van der Waals surface area contributed by atoms with Crippen LogP contribution in [0.5, 0.6) is 17.4 Å². The van der Waals surface area contributed by atoms with E-state index in [4.69, 9.17) is 25.8 Å². The van der Waals surface area contributed by atoms with Gasteiger partial charge in [-0.3, -0.25) is 4.79 Å². The molecule has 2 aromatic heterocycles. The number of hydrogen-bond acceptors (Lipinski definition) is 8. The fraction of sp³-hybridized carbons (Fsp3) is 0.406. The first kappa shape index (κ1) is 28.1. The molecular formula is C32H34ClN3O4S. The SMILES string of the molecule is Cc1cc2c(Oc3ccc(CC(=O)Cc4ccsc4)c(Cl)c3)ncnc2cc1OCCCN1CCC2(CC1)COC2. The van der Waals surface area contributed by atoms with Gasteiger partial charge < -0.3 is 19.1 Å². The molecule has 4 aromatic rings. The molecule has 1 spiro atoms. The van der Waals surface area contributed by atoms with Crippen molar-refractivity contribution in [1.29, 1.82) is 0 Å². The van der Waals surface area contributed by atoms with Gasteiger partial charge in [-0.05, 0) is 91.0 Å². The second-order valence-corrected chi connectivity index (χ2v) is 12.4. The summed E-state index contributed by atoms with van der Waals surface area (Å²) < 4.78 is 17.7. The van der Waals surface area contributed by atoms with Gasteiger partial charge in [-0.2, -0.15) is 11.3 Å². The van der Waals surface area contributed by atoms with Crippen molar-refractivity contribution in [2.75, 3.05) is 39.5 Å². The number of thiophene rings is 1. The Hall–Kier alpha value is -3.04. The van der Waals surface area contributed by atoms with Crippen LogP contribution < -0.4 is 9.47 Å². The smallest absolute Gasteiger partial charge is 0.230 e. The summed E-state index contributed by atoms with van der Waals surface area (Å²) in [6.07, 6.45) is 5.65. The highest BCUT2D eigenvalue weighted by molar-refractivity contribution is 7.08. The van der Waals surface area contributed by atoms with Crippen LogP contribution in [0.1, 0.15) is 36.0 Å². The fourth-order valence-corrected chi connectivity index (χ4v) is 6.45. The minimum atomic E-state index is 0.123. The summed E-state index contributed by atoms with van der Waals surface area (Å²) in [5.74, 6) is 1.95. The van der Waals surface area contributed by atoms with E-state index >= 15 is 0 Å². The number of carbonyl (C=O) groups excluding carboxylic acids is 1. The summed E-state index contributed by atoms with van der Waals surface area (Å²) >= 11 is 8.12. The van der Waals surface area contributed by atoms with Gasteiger partial charge in [0.1, 0.15) is 23.6 Å². The molecule has 0 bridgehead atoms. The maximum Gasteiger partial charge on any atom is 0.230 e. The van der Waals surface area contributed by atoms with Crippen molar-refractivity contribution in [3.05, 3.63) is 75.2 Å². The lowest BCUT2D eigenvalue weighted by Gasteiger charge is -2.47. The zero-order chi connectivity index (χ0) is 28.2. The lowest BCUT2D eigenvalue weighted by molar-refractivity contribution is -0.139. The Bertz CT molecular complexity index is 1510. The van der Waals surface area contributed by atoms with Crippen LogP contribution in [-0.2, 0) is 22.4 Å². The van der Waals surface area contributed by atoms with Gasteiger partial charge >= 0.3 is 0 Å². The van der Waals surface area contributed by atoms with Gasteiger partial charge in [0.25, 0.3) is 0 Å². The Balaban J connectivity index is 1.05. The summed E-state index contributed by atoms with van der Waals surface area (Å²) in [7, 11) is 0. The summed E-state index contributed by atoms with van der Waals surface area (Å²) in [4.78, 5) is 23.9. The topological polar surface area (TPSA) is 73.8 Å². The Morgan fingerprint density at radius 3 is 2.71 bits per heavy atom. The van der Waals surface area contributed by atoms with Crippen LogP contribution in [-0.4, -0.2) is 60.1 Å². The fourth-order valence-electron chi connectivity index (χ4n) is 5.55. The van der Waals surface area contributed by atoms with Crippen LogP contribution >= 0.6 is 22.9 Å². The first-order valence-electron chi connectivity index (χ1n) is 14.1. The van der Waals surface area contributed by atoms with Crippen molar-refractivity contribution in [2.24, 2.45) is 5.41 Å². The number of ether oxygens (including phenoxy) is 3. The Morgan fingerprint density at radius 1 is 1.12 bits per heavy atom. The number of rotatable bonds is 11. The molecule has 2 aromatic carbocycles. The van der Waals surface area contributed by atoms with Gasteiger partial charge in [0, 0.05) is 35.9 Å². The van der Waals surface area contributed by atoms with Crippen molar-refractivity contribution in [2.45, 2.75) is 39.0 Å². The number of benzene rings is 2.